The number of hydrogen-bond acceptors (Lipinski definition) is 3. The Balaban J connectivity index is 1.97. The van der Waals surface area contributed by atoms with Gasteiger partial charge in [-0.1, -0.05) is 19.1 Å². The molecule has 1 unspecified atom stereocenters. The predicted molar refractivity (Wildman–Crippen MR) is 88.0 cm³/mol. The predicted octanol–water partition coefficient (Wildman–Crippen LogP) is 4.11. The summed E-state index contributed by atoms with van der Waals surface area (Å²) in [7, 11) is 0. The number of hydrogen-bond donors (Lipinski definition) is 1. The van der Waals surface area contributed by atoms with Crippen molar-refractivity contribution in [1.82, 2.24) is 9.78 Å². The van der Waals surface area contributed by atoms with Crippen molar-refractivity contribution in [3.05, 3.63) is 48.2 Å². The first kappa shape index (κ1) is 17.7. The summed E-state index contributed by atoms with van der Waals surface area (Å²) >= 11 is 0. The van der Waals surface area contributed by atoms with Gasteiger partial charge in [-0.05, 0) is 37.1 Å². The van der Waals surface area contributed by atoms with Crippen LogP contribution in [-0.2, 0) is 4.79 Å². The molecule has 0 bridgehead atoms. The summed E-state index contributed by atoms with van der Waals surface area (Å²) in [6.07, 6.45) is 5.49. The lowest BCUT2D eigenvalue weighted by Gasteiger charge is -2.13. The van der Waals surface area contributed by atoms with Crippen LogP contribution >= 0.6 is 0 Å². The van der Waals surface area contributed by atoms with E-state index in [-0.39, 0.29) is 17.7 Å². The van der Waals surface area contributed by atoms with Gasteiger partial charge in [-0.3, -0.25) is 4.79 Å². The highest BCUT2D eigenvalue weighted by atomic mass is 19.3. The van der Waals surface area contributed by atoms with E-state index in [0.717, 1.165) is 6.42 Å². The Bertz CT molecular complexity index is 696. The summed E-state index contributed by atoms with van der Waals surface area (Å²) in [5.74, 6) is 0.400. The fourth-order valence-corrected chi connectivity index (χ4v) is 2.04. The van der Waals surface area contributed by atoms with E-state index in [1.807, 2.05) is 13.8 Å². The van der Waals surface area contributed by atoms with E-state index in [1.165, 1.54) is 18.2 Å². The van der Waals surface area contributed by atoms with E-state index in [0.29, 0.717) is 11.4 Å². The highest BCUT2D eigenvalue weighted by Crippen LogP contribution is 2.17. The Hall–Kier alpha value is -2.70. The molecule has 0 spiro atoms. The molecule has 1 N–H and O–H groups in total. The number of aromatic nitrogens is 2. The second-order valence-electron chi connectivity index (χ2n) is 5.19. The molecular formula is C17H19F2N3O2. The molecule has 7 heteroatoms. The topological polar surface area (TPSA) is 56.2 Å². The second kappa shape index (κ2) is 8.24. The van der Waals surface area contributed by atoms with Gasteiger partial charge in [0, 0.05) is 12.1 Å². The summed E-state index contributed by atoms with van der Waals surface area (Å²) in [5, 5.41) is 6.96. The molecule has 1 heterocycles. The normalized spacial score (nSPS) is 12.5. The maximum Gasteiger partial charge on any atom is 0.387 e. The number of carbonyl (C=O) groups excluding carboxylic acids is 1. The third-order valence-electron chi connectivity index (χ3n) is 3.46. The van der Waals surface area contributed by atoms with Crippen molar-refractivity contribution in [2.45, 2.75) is 32.9 Å². The van der Waals surface area contributed by atoms with Crippen molar-refractivity contribution in [3.63, 3.8) is 0 Å². The lowest BCUT2D eigenvalue weighted by Crippen LogP contribution is -2.15. The average Bonchev–Trinajstić information content (AvgIpc) is 3.01. The van der Waals surface area contributed by atoms with Crippen LogP contribution in [-0.4, -0.2) is 22.3 Å². The van der Waals surface area contributed by atoms with Crippen molar-refractivity contribution in [3.8, 4) is 5.75 Å². The van der Waals surface area contributed by atoms with Gasteiger partial charge in [0.1, 0.15) is 11.6 Å². The zero-order valence-electron chi connectivity index (χ0n) is 13.4. The minimum Gasteiger partial charge on any atom is -0.435 e. The molecule has 0 aliphatic rings. The third kappa shape index (κ3) is 4.91. The van der Waals surface area contributed by atoms with Gasteiger partial charge in [0.25, 0.3) is 0 Å². The number of amides is 1. The molecular weight excluding hydrogens is 316 g/mol. The number of anilines is 1. The summed E-state index contributed by atoms with van der Waals surface area (Å²) in [4.78, 5) is 12.0. The summed E-state index contributed by atoms with van der Waals surface area (Å²) in [6, 6.07) is 7.93. The molecule has 0 aliphatic heterocycles. The Morgan fingerprint density at radius 3 is 2.67 bits per heavy atom. The molecule has 0 radical (unpaired) electrons. The summed E-state index contributed by atoms with van der Waals surface area (Å²) < 4.78 is 30.2. The standard InChI is InChI=1S/C17H19F2N3O2/c1-3-12(2)22-15(10-11-20-22)21-16(23)9-6-13-4-7-14(8-5-13)24-17(18)19/h4-12,17H,3H2,1-2H3,(H,21,23)/b9-6+. The lowest BCUT2D eigenvalue weighted by molar-refractivity contribution is -0.111. The van der Waals surface area contributed by atoms with Gasteiger partial charge in [0.2, 0.25) is 5.91 Å². The number of alkyl halides is 2. The first-order chi connectivity index (χ1) is 11.5. The molecule has 1 aromatic carbocycles. The van der Waals surface area contributed by atoms with Crippen LogP contribution in [0.4, 0.5) is 14.6 Å². The smallest absolute Gasteiger partial charge is 0.387 e. The van der Waals surface area contributed by atoms with Crippen LogP contribution in [0.25, 0.3) is 6.08 Å². The lowest BCUT2D eigenvalue weighted by atomic mass is 10.2. The number of rotatable bonds is 7. The number of nitrogens with one attached hydrogen (secondary N) is 1. The van der Waals surface area contributed by atoms with Crippen LogP contribution in [0.15, 0.2) is 42.6 Å². The number of benzene rings is 1. The molecule has 1 atom stereocenters. The maximum atomic E-state index is 12.1. The molecule has 2 aromatic rings. The van der Waals surface area contributed by atoms with Gasteiger partial charge in [-0.2, -0.15) is 13.9 Å². The van der Waals surface area contributed by atoms with Gasteiger partial charge >= 0.3 is 6.61 Å². The molecule has 0 aliphatic carbocycles. The maximum absolute atomic E-state index is 12.1. The molecule has 5 nitrogen and oxygen atoms in total. The third-order valence-corrected chi connectivity index (χ3v) is 3.46. The van der Waals surface area contributed by atoms with Crippen molar-refractivity contribution in [2.24, 2.45) is 0 Å². The molecule has 1 aromatic heterocycles. The average molecular weight is 335 g/mol. The second-order valence-corrected chi connectivity index (χ2v) is 5.19. The molecule has 2 rings (SSSR count). The summed E-state index contributed by atoms with van der Waals surface area (Å²) in [6.45, 7) is 1.20. The van der Waals surface area contributed by atoms with Gasteiger partial charge in [0.15, 0.2) is 0 Å². The van der Waals surface area contributed by atoms with Crippen molar-refractivity contribution in [1.29, 1.82) is 0 Å². The molecule has 0 fully saturated rings. The minimum absolute atomic E-state index is 0.0732. The number of ether oxygens (including phenoxy) is 1. The van der Waals surface area contributed by atoms with Crippen LogP contribution in [0.5, 0.6) is 5.75 Å². The van der Waals surface area contributed by atoms with Crippen LogP contribution in [0.1, 0.15) is 31.9 Å². The largest absolute Gasteiger partial charge is 0.435 e. The van der Waals surface area contributed by atoms with Crippen molar-refractivity contribution >= 4 is 17.8 Å². The number of halogens is 2. The molecule has 1 amide bonds. The highest BCUT2D eigenvalue weighted by molar-refractivity contribution is 6.01. The van der Waals surface area contributed by atoms with Gasteiger partial charge in [0.05, 0.1) is 12.2 Å². The Kier molecular flexibility index (Phi) is 6.06. The van der Waals surface area contributed by atoms with E-state index < -0.39 is 6.61 Å². The zero-order valence-corrected chi connectivity index (χ0v) is 13.4. The highest BCUT2D eigenvalue weighted by Gasteiger charge is 2.09. The van der Waals surface area contributed by atoms with Crippen molar-refractivity contribution in [2.75, 3.05) is 5.32 Å². The first-order valence-electron chi connectivity index (χ1n) is 7.57. The van der Waals surface area contributed by atoms with E-state index in [4.69, 9.17) is 0 Å². The van der Waals surface area contributed by atoms with Crippen molar-refractivity contribution < 1.29 is 18.3 Å². The zero-order chi connectivity index (χ0) is 17.5. The van der Waals surface area contributed by atoms with E-state index in [2.05, 4.69) is 15.2 Å². The van der Waals surface area contributed by atoms with Gasteiger partial charge in [-0.15, -0.1) is 0 Å². The number of nitrogens with zero attached hydrogens (tertiary/aromatic N) is 2. The molecule has 0 saturated heterocycles. The molecule has 0 saturated carbocycles. The fraction of sp³-hybridized carbons (Fsp3) is 0.294. The molecule has 24 heavy (non-hydrogen) atoms. The van der Waals surface area contributed by atoms with Gasteiger partial charge < -0.3 is 10.1 Å². The monoisotopic (exact) mass is 335 g/mol. The van der Waals surface area contributed by atoms with Crippen LogP contribution in [0.2, 0.25) is 0 Å². The van der Waals surface area contributed by atoms with Crippen LogP contribution in [0, 0.1) is 0 Å². The van der Waals surface area contributed by atoms with Crippen LogP contribution in [0.3, 0.4) is 0 Å². The van der Waals surface area contributed by atoms with E-state index in [9.17, 15) is 13.6 Å². The Labute approximate surface area is 138 Å². The first-order valence-corrected chi connectivity index (χ1v) is 7.57. The Morgan fingerprint density at radius 2 is 2.04 bits per heavy atom. The quantitative estimate of drug-likeness (QED) is 0.775. The SMILES string of the molecule is CCC(C)n1nccc1NC(=O)/C=C/c1ccc(OC(F)F)cc1. The van der Waals surface area contributed by atoms with E-state index in [1.54, 1.807) is 35.2 Å². The number of carbonyl (C=O) groups is 1. The van der Waals surface area contributed by atoms with Gasteiger partial charge in [-0.25, -0.2) is 4.68 Å². The molecule has 128 valence electrons. The fourth-order valence-electron chi connectivity index (χ4n) is 2.04. The van der Waals surface area contributed by atoms with Crippen LogP contribution < -0.4 is 10.1 Å². The summed E-state index contributed by atoms with van der Waals surface area (Å²) in [5.41, 5.74) is 0.696. The van der Waals surface area contributed by atoms with E-state index >= 15 is 0 Å². The Morgan fingerprint density at radius 1 is 1.33 bits per heavy atom. The minimum atomic E-state index is -2.85.